The molecular formula is C59H33N7O. The van der Waals surface area contributed by atoms with Crippen LogP contribution >= 0.6 is 0 Å². The smallest absolute Gasteiger partial charge is 0.134 e. The fourth-order valence-electron chi connectivity index (χ4n) is 11.6. The van der Waals surface area contributed by atoms with Crippen LogP contribution in [0.4, 0.5) is 0 Å². The summed E-state index contributed by atoms with van der Waals surface area (Å²) >= 11 is 0. The lowest BCUT2D eigenvalue weighted by Crippen LogP contribution is -2.32. The normalized spacial score (nSPS) is 14.7. The summed E-state index contributed by atoms with van der Waals surface area (Å²) < 4.78 is 14.0. The van der Waals surface area contributed by atoms with Crippen LogP contribution in [0.25, 0.3) is 93.9 Å². The van der Waals surface area contributed by atoms with Crippen molar-refractivity contribution in [3.05, 3.63) is 229 Å². The minimum atomic E-state index is -0.781. The second-order valence-corrected chi connectivity index (χ2v) is 17.5. The Balaban J connectivity index is 0.954. The van der Waals surface area contributed by atoms with Gasteiger partial charge in [0.2, 0.25) is 0 Å². The molecule has 8 nitrogen and oxygen atoms in total. The molecule has 0 N–H and O–H groups in total. The van der Waals surface area contributed by atoms with Crippen molar-refractivity contribution in [3.63, 3.8) is 0 Å². The quantitative estimate of drug-likeness (QED) is 0.177. The Kier molecular flexibility index (Phi) is 7.07. The molecule has 0 radical (unpaired) electrons. The van der Waals surface area contributed by atoms with Gasteiger partial charge in [-0.15, -0.1) is 0 Å². The molecule has 6 aromatic heterocycles. The number of hydrogen-bond donors (Lipinski definition) is 0. The van der Waals surface area contributed by atoms with Crippen molar-refractivity contribution in [1.29, 1.82) is 5.26 Å². The Labute approximate surface area is 382 Å². The molecule has 7 heterocycles. The van der Waals surface area contributed by atoms with Crippen LogP contribution in [0.5, 0.6) is 11.5 Å². The zero-order valence-corrected chi connectivity index (χ0v) is 35.6. The van der Waals surface area contributed by atoms with E-state index in [9.17, 15) is 5.26 Å². The van der Waals surface area contributed by atoms with Gasteiger partial charge in [-0.1, -0.05) is 84.9 Å². The molecule has 0 fully saturated rings. The van der Waals surface area contributed by atoms with E-state index in [-0.39, 0.29) is 0 Å². The van der Waals surface area contributed by atoms with E-state index in [1.165, 1.54) is 10.8 Å². The first-order valence-corrected chi connectivity index (χ1v) is 22.4. The van der Waals surface area contributed by atoms with E-state index in [1.807, 2.05) is 49.1 Å². The Morgan fingerprint density at radius 1 is 0.403 bits per heavy atom. The van der Waals surface area contributed by atoms with Crippen LogP contribution in [0, 0.1) is 11.3 Å². The molecule has 13 aromatic rings. The van der Waals surface area contributed by atoms with Crippen molar-refractivity contribution >= 4 is 65.4 Å². The van der Waals surface area contributed by atoms with Crippen LogP contribution in [0.2, 0.25) is 0 Å². The molecule has 8 heteroatoms. The van der Waals surface area contributed by atoms with Crippen LogP contribution in [0.3, 0.4) is 0 Å². The molecule has 1 atom stereocenters. The second kappa shape index (κ2) is 13.1. The molecule has 67 heavy (non-hydrogen) atoms. The molecule has 1 aliphatic heterocycles. The number of pyridine rings is 3. The van der Waals surface area contributed by atoms with Crippen LogP contribution in [0.1, 0.15) is 27.8 Å². The topological polar surface area (TPSA) is 86.5 Å². The summed E-state index contributed by atoms with van der Waals surface area (Å²) in [5.41, 5.74) is 15.2. The Morgan fingerprint density at radius 2 is 0.985 bits per heavy atom. The second-order valence-electron chi connectivity index (χ2n) is 17.5. The molecule has 0 amide bonds. The van der Waals surface area contributed by atoms with Crippen LogP contribution in [-0.2, 0) is 5.41 Å². The zero-order chi connectivity index (χ0) is 44.0. The van der Waals surface area contributed by atoms with Crippen molar-refractivity contribution < 1.29 is 4.74 Å². The number of benzene rings is 7. The first-order chi connectivity index (χ1) is 33.2. The molecule has 1 unspecified atom stereocenters. The molecular weight excluding hydrogens is 823 g/mol. The maximum atomic E-state index is 9.77. The minimum absolute atomic E-state index is 0.642. The van der Waals surface area contributed by atoms with Gasteiger partial charge in [0.1, 0.15) is 11.5 Å². The summed E-state index contributed by atoms with van der Waals surface area (Å²) in [4.78, 5) is 15.0. The van der Waals surface area contributed by atoms with E-state index in [1.54, 1.807) is 0 Å². The molecule has 0 bridgehead atoms. The van der Waals surface area contributed by atoms with Crippen LogP contribution < -0.4 is 4.74 Å². The van der Waals surface area contributed by atoms with Crippen molar-refractivity contribution in [3.8, 4) is 46.0 Å². The maximum Gasteiger partial charge on any atom is 0.134 e. The molecule has 0 saturated carbocycles. The van der Waals surface area contributed by atoms with E-state index in [0.29, 0.717) is 5.56 Å². The predicted molar refractivity (Wildman–Crippen MR) is 265 cm³/mol. The number of nitrogens with zero attached hydrogens (tertiary/aromatic N) is 7. The van der Waals surface area contributed by atoms with Crippen molar-refractivity contribution in [2.24, 2.45) is 0 Å². The van der Waals surface area contributed by atoms with Gasteiger partial charge in [0.05, 0.1) is 79.6 Å². The highest BCUT2D eigenvalue weighted by atomic mass is 16.5. The average Bonchev–Trinajstić information content (AvgIpc) is 4.10. The zero-order valence-electron chi connectivity index (χ0n) is 35.6. The Morgan fingerprint density at radius 3 is 1.78 bits per heavy atom. The fraction of sp³-hybridized carbons (Fsp3) is 0.0169. The summed E-state index contributed by atoms with van der Waals surface area (Å²) in [6, 6.07) is 64.3. The third-order valence-corrected chi connectivity index (χ3v) is 14.3. The molecule has 2 aliphatic rings. The van der Waals surface area contributed by atoms with Gasteiger partial charge in [0.15, 0.2) is 0 Å². The number of nitriles is 1. The highest BCUT2D eigenvalue weighted by molar-refractivity contribution is 6.13. The summed E-state index contributed by atoms with van der Waals surface area (Å²) in [7, 11) is 0. The highest BCUT2D eigenvalue weighted by Gasteiger charge is 2.52. The molecule has 15 rings (SSSR count). The lowest BCUT2D eigenvalue weighted by Gasteiger charge is -2.39. The van der Waals surface area contributed by atoms with Gasteiger partial charge in [-0.2, -0.15) is 5.26 Å². The highest BCUT2D eigenvalue weighted by Crippen LogP contribution is 2.62. The lowest BCUT2D eigenvalue weighted by atomic mass is 9.66. The van der Waals surface area contributed by atoms with Gasteiger partial charge in [-0.25, -0.2) is 0 Å². The molecule has 0 saturated heterocycles. The largest absolute Gasteiger partial charge is 0.457 e. The van der Waals surface area contributed by atoms with Gasteiger partial charge in [0.25, 0.3) is 0 Å². The molecule has 1 aliphatic carbocycles. The van der Waals surface area contributed by atoms with Gasteiger partial charge < -0.3 is 18.4 Å². The number of para-hydroxylation sites is 4. The van der Waals surface area contributed by atoms with Gasteiger partial charge in [-0.3, -0.25) is 15.0 Å². The van der Waals surface area contributed by atoms with Crippen LogP contribution in [-0.4, -0.2) is 28.7 Å². The fourth-order valence-corrected chi connectivity index (χ4v) is 11.6. The maximum absolute atomic E-state index is 9.77. The number of ether oxygens (including phenoxy) is 1. The number of rotatable bonds is 3. The first kappa shape index (κ1) is 36.1. The van der Waals surface area contributed by atoms with Crippen molar-refractivity contribution in [2.75, 3.05) is 0 Å². The minimum Gasteiger partial charge on any atom is -0.457 e. The van der Waals surface area contributed by atoms with Gasteiger partial charge >= 0.3 is 0 Å². The summed E-state index contributed by atoms with van der Waals surface area (Å²) in [5.74, 6) is 1.55. The van der Waals surface area contributed by atoms with E-state index in [2.05, 4.69) is 176 Å². The number of fused-ring (bicyclic) bond motifs is 18. The third-order valence-electron chi connectivity index (χ3n) is 14.3. The lowest BCUT2D eigenvalue weighted by molar-refractivity contribution is 0.436. The van der Waals surface area contributed by atoms with Crippen molar-refractivity contribution in [1.82, 2.24) is 28.7 Å². The van der Waals surface area contributed by atoms with E-state index in [4.69, 9.17) is 14.7 Å². The predicted octanol–water partition coefficient (Wildman–Crippen LogP) is 13.5. The number of hydrogen-bond acceptors (Lipinski definition) is 5. The van der Waals surface area contributed by atoms with E-state index in [0.717, 1.165) is 117 Å². The summed E-state index contributed by atoms with van der Waals surface area (Å²) in [6.45, 7) is 0. The molecule has 310 valence electrons. The van der Waals surface area contributed by atoms with E-state index < -0.39 is 5.41 Å². The molecule has 7 aromatic carbocycles. The Bertz CT molecular complexity index is 4300. The SMILES string of the molecule is N#Cc1ccc2c(c1)c1ccccc1n2-c1ccc2c(c1)c1ccncc1n2-c1ccc2c(c1)Oc1ccccc1C21c2cccnc2-c2ncc(-n3c4ccccc4c4ccccc43)cc21. The monoisotopic (exact) mass is 855 g/mol. The number of aromatic nitrogens is 6. The van der Waals surface area contributed by atoms with Gasteiger partial charge in [0, 0.05) is 78.8 Å². The third kappa shape index (κ3) is 4.66. The van der Waals surface area contributed by atoms with Gasteiger partial charge in [-0.05, 0) is 90.5 Å². The van der Waals surface area contributed by atoms with E-state index >= 15 is 0 Å². The summed E-state index contributed by atoms with van der Waals surface area (Å²) in [6.07, 6.45) is 7.68. The molecule has 1 spiro atoms. The first-order valence-electron chi connectivity index (χ1n) is 22.4. The average molecular weight is 856 g/mol. The standard InChI is InChI=1S/C59H33N7O/c60-32-35-19-23-52-43(28-35)41-12-3-7-17-51(41)64(52)36-21-24-53-44(29-36)42-25-27-61-34-54(42)65(53)37-20-22-46-56(31-37)67-55-18-8-4-13-45(55)59(46)47-14-9-26-62-57(47)58-48(59)30-38(33-63-58)66-49-15-5-1-10-39(49)40-11-2-6-16-50(40)66/h1-31,33-34H. The summed E-state index contributed by atoms with van der Waals surface area (Å²) in [5, 5.41) is 16.5. The Hall–Kier alpha value is -9.32. The van der Waals surface area contributed by atoms with Crippen molar-refractivity contribution in [2.45, 2.75) is 5.41 Å². The van der Waals surface area contributed by atoms with Crippen LogP contribution in [0.15, 0.2) is 201 Å².